The lowest BCUT2D eigenvalue weighted by Crippen LogP contribution is -2.79. The molecule has 13 heteroatoms. The van der Waals surface area contributed by atoms with Gasteiger partial charge in [0, 0.05) is 88.9 Å². The van der Waals surface area contributed by atoms with Crippen molar-refractivity contribution in [1.82, 2.24) is 4.90 Å². The Kier molecular flexibility index (Phi) is 15.5. The van der Waals surface area contributed by atoms with E-state index in [4.69, 9.17) is 37.9 Å². The molecule has 0 amide bonds. The number of carbonyl (C=O) groups is 2. The van der Waals surface area contributed by atoms with Crippen molar-refractivity contribution in [2.75, 3.05) is 62.4 Å². The first kappa shape index (κ1) is 48.4. The maximum absolute atomic E-state index is 14.6. The molecule has 2 N–H and O–H groups in total. The van der Waals surface area contributed by atoms with Crippen molar-refractivity contribution in [2.24, 2.45) is 34.5 Å². The number of piperidine rings is 1. The molecule has 5 saturated carbocycles. The van der Waals surface area contributed by atoms with E-state index >= 15 is 0 Å². The summed E-state index contributed by atoms with van der Waals surface area (Å²) in [5, 5.41) is 25.5. The van der Waals surface area contributed by atoms with Crippen LogP contribution in [-0.4, -0.2) is 137 Å². The van der Waals surface area contributed by atoms with Crippen LogP contribution in [0.2, 0.25) is 0 Å². The summed E-state index contributed by atoms with van der Waals surface area (Å²) in [4.78, 5) is 31.5. The first-order chi connectivity index (χ1) is 30.5. The highest BCUT2D eigenvalue weighted by molar-refractivity contribution is 5.90. The van der Waals surface area contributed by atoms with Crippen LogP contribution in [0.25, 0.3) is 0 Å². The average Bonchev–Trinajstić information content (AvgIpc) is 3.66. The van der Waals surface area contributed by atoms with Crippen LogP contribution in [-0.2, 0) is 33.2 Å². The van der Waals surface area contributed by atoms with E-state index in [0.29, 0.717) is 44.0 Å². The van der Waals surface area contributed by atoms with Crippen LogP contribution >= 0.6 is 0 Å². The lowest BCUT2D eigenvalue weighted by molar-refractivity contribution is -0.300. The minimum atomic E-state index is -1.63. The molecule has 1 aromatic rings. The van der Waals surface area contributed by atoms with Crippen molar-refractivity contribution in [2.45, 2.75) is 171 Å². The summed E-state index contributed by atoms with van der Waals surface area (Å²) in [5.41, 5.74) is -4.13. The molecular weight excluding hydrogens is 807 g/mol. The molecule has 63 heavy (non-hydrogen) atoms. The molecule has 6 aliphatic rings. The summed E-state index contributed by atoms with van der Waals surface area (Å²) < 4.78 is 50.3. The van der Waals surface area contributed by atoms with E-state index in [2.05, 4.69) is 18.7 Å². The van der Waals surface area contributed by atoms with Crippen LogP contribution in [0.15, 0.2) is 18.2 Å². The summed E-state index contributed by atoms with van der Waals surface area (Å²) in [6, 6.07) is 4.64. The van der Waals surface area contributed by atoms with Crippen molar-refractivity contribution >= 4 is 11.9 Å². The third kappa shape index (κ3) is 7.92. The summed E-state index contributed by atoms with van der Waals surface area (Å²) in [7, 11) is 9.71. The van der Waals surface area contributed by atoms with Gasteiger partial charge in [-0.2, -0.15) is 0 Å². The fourth-order valence-electron chi connectivity index (χ4n) is 14.9. The van der Waals surface area contributed by atoms with Gasteiger partial charge in [-0.15, -0.1) is 0 Å². The number of rotatable bonds is 25. The number of likely N-dealkylation sites (tertiary alicyclic amines) is 1. The first-order valence-corrected chi connectivity index (χ1v) is 24.3. The van der Waals surface area contributed by atoms with Crippen LogP contribution in [0.5, 0.6) is 11.5 Å². The monoisotopic (exact) mass is 886 g/mol. The van der Waals surface area contributed by atoms with E-state index < -0.39 is 70.4 Å². The number of unbranched alkanes of at least 4 members (excludes halogenated alkanes) is 12. The highest BCUT2D eigenvalue weighted by Gasteiger charge is 2.90. The zero-order valence-corrected chi connectivity index (χ0v) is 39.6. The zero-order valence-electron chi connectivity index (χ0n) is 39.6. The van der Waals surface area contributed by atoms with Crippen LogP contribution in [0.1, 0.15) is 133 Å². The number of hydrogen-bond donors (Lipinski definition) is 2. The number of carbonyl (C=O) groups excluding carboxylic acids is 2. The molecule has 1 unspecified atom stereocenters. The highest BCUT2D eigenvalue weighted by atomic mass is 16.6. The van der Waals surface area contributed by atoms with Gasteiger partial charge in [-0.25, -0.2) is 4.79 Å². The van der Waals surface area contributed by atoms with Crippen LogP contribution in [0.4, 0.5) is 0 Å². The normalized spacial score (nSPS) is 38.4. The number of nitrogens with zero attached hydrogens (tertiary/aromatic N) is 1. The largest absolute Gasteiger partial charge is 0.493 e. The number of ether oxygens (including phenoxy) is 8. The summed E-state index contributed by atoms with van der Waals surface area (Å²) in [6.07, 6.45) is 13.0. The van der Waals surface area contributed by atoms with Gasteiger partial charge in [-0.3, -0.25) is 9.69 Å². The molecular formula is C50H79NO12. The van der Waals surface area contributed by atoms with E-state index in [1.807, 2.05) is 0 Å². The zero-order chi connectivity index (χ0) is 45.2. The van der Waals surface area contributed by atoms with E-state index in [1.54, 1.807) is 46.6 Å². The molecule has 1 aromatic carbocycles. The van der Waals surface area contributed by atoms with Crippen molar-refractivity contribution in [3.8, 4) is 11.5 Å². The fourth-order valence-corrected chi connectivity index (χ4v) is 14.9. The maximum atomic E-state index is 14.6. The van der Waals surface area contributed by atoms with Crippen molar-refractivity contribution in [3.05, 3.63) is 23.8 Å². The molecule has 5 aliphatic carbocycles. The van der Waals surface area contributed by atoms with Gasteiger partial charge >= 0.3 is 11.9 Å². The number of hydrogen-bond acceptors (Lipinski definition) is 13. The van der Waals surface area contributed by atoms with Crippen molar-refractivity contribution < 1.29 is 57.7 Å². The second kappa shape index (κ2) is 20.1. The van der Waals surface area contributed by atoms with Gasteiger partial charge in [0.2, 0.25) is 0 Å². The SMILES string of the molecule is CCCCCCCCCCCCCCCC(=O)O[C@]12C[C@H](OC)[C@]3(O)C[C@H]([C@@H]1[C@H]3OC(=O)c1ccc(OC)c(OC)c1)[C@@]13C(OC)C[C@@H](O)[C@@]4(COC)CN(CC)[C@@H]1[C@@H]2[C@H](OC)[C@H]43. The third-order valence-corrected chi connectivity index (χ3v) is 17.2. The van der Waals surface area contributed by atoms with Gasteiger partial charge in [0.05, 0.1) is 50.8 Å². The Morgan fingerprint density at radius 1 is 0.778 bits per heavy atom. The Morgan fingerprint density at radius 2 is 1.41 bits per heavy atom. The smallest absolute Gasteiger partial charge is 0.338 e. The van der Waals surface area contributed by atoms with E-state index in [-0.39, 0.29) is 48.7 Å². The summed E-state index contributed by atoms with van der Waals surface area (Å²) in [5.74, 6) is -1.87. The lowest BCUT2D eigenvalue weighted by atomic mass is 9.42. The van der Waals surface area contributed by atoms with Crippen LogP contribution < -0.4 is 9.47 Å². The molecule has 7 rings (SSSR count). The number of fused-ring (bicyclic) bond motifs is 2. The maximum Gasteiger partial charge on any atom is 0.338 e. The molecule has 14 atom stereocenters. The number of aliphatic hydroxyl groups is 2. The molecule has 13 nitrogen and oxygen atoms in total. The van der Waals surface area contributed by atoms with Gasteiger partial charge in [0.1, 0.15) is 17.3 Å². The third-order valence-electron chi connectivity index (χ3n) is 17.2. The topological polar surface area (TPSA) is 152 Å². The average molecular weight is 886 g/mol. The molecule has 1 aliphatic heterocycles. The van der Waals surface area contributed by atoms with Crippen LogP contribution in [0, 0.1) is 34.5 Å². The van der Waals surface area contributed by atoms with Gasteiger partial charge in [-0.1, -0.05) is 90.9 Å². The van der Waals surface area contributed by atoms with Gasteiger partial charge in [0.25, 0.3) is 0 Å². The number of esters is 2. The summed E-state index contributed by atoms with van der Waals surface area (Å²) >= 11 is 0. The summed E-state index contributed by atoms with van der Waals surface area (Å²) in [6.45, 7) is 5.91. The number of aliphatic hydroxyl groups excluding tert-OH is 1. The molecule has 6 fully saturated rings. The van der Waals surface area contributed by atoms with Crippen molar-refractivity contribution in [1.29, 1.82) is 0 Å². The second-order valence-electron chi connectivity index (χ2n) is 19.9. The minimum Gasteiger partial charge on any atom is -0.493 e. The number of benzene rings is 1. The Balaban J connectivity index is 1.23. The van der Waals surface area contributed by atoms with Gasteiger partial charge < -0.3 is 48.1 Å². The predicted octanol–water partition coefficient (Wildman–Crippen LogP) is 7.16. The quantitative estimate of drug-likeness (QED) is 0.0756. The molecule has 0 aromatic heterocycles. The molecule has 1 saturated heterocycles. The van der Waals surface area contributed by atoms with E-state index in [9.17, 15) is 19.8 Å². The Hall–Kier alpha value is -2.52. The van der Waals surface area contributed by atoms with Crippen molar-refractivity contribution in [3.63, 3.8) is 0 Å². The molecule has 1 heterocycles. The number of methoxy groups -OCH3 is 6. The van der Waals surface area contributed by atoms with Gasteiger partial charge in [-0.05, 0) is 43.5 Å². The van der Waals surface area contributed by atoms with E-state index in [1.165, 1.54) is 72.0 Å². The molecule has 1 spiro atoms. The Bertz CT molecular complexity index is 1710. The molecule has 7 bridgehead atoms. The fraction of sp³-hybridized carbons (Fsp3) is 0.840. The highest BCUT2D eigenvalue weighted by Crippen LogP contribution is 2.80. The lowest BCUT2D eigenvalue weighted by Gasteiger charge is -2.70. The predicted molar refractivity (Wildman–Crippen MR) is 237 cm³/mol. The Labute approximate surface area is 376 Å². The van der Waals surface area contributed by atoms with Gasteiger partial charge in [0.15, 0.2) is 11.5 Å². The first-order valence-electron chi connectivity index (χ1n) is 24.3. The standard InChI is InChI=1S/C50H79NO12/c1-9-11-12-13-14-15-16-17-18-19-20-21-22-23-39(53)63-49-29-38(60-7)48(55)28-33(40(49)45(48)62-46(54)32-24-25-34(57-4)35(26-32)58-5)50-37(59-6)27-36(52)47(31-56-3)30-51(10-2)44(50)41(49)42(61-8)43(47)50/h24-26,33,36-38,40-45,52,55H,9-23,27-31H2,1-8H3/t33-,36-,37?,38+,40-,41+,42+,43-,44-,45-,47+,48-,49-,50+/m1/s1. The van der Waals surface area contributed by atoms with Crippen LogP contribution in [0.3, 0.4) is 0 Å². The molecule has 356 valence electrons. The molecule has 0 radical (unpaired) electrons. The minimum absolute atomic E-state index is 0.203. The van der Waals surface area contributed by atoms with E-state index in [0.717, 1.165) is 19.3 Å². The second-order valence-corrected chi connectivity index (χ2v) is 19.9. The Morgan fingerprint density at radius 3 is 1.98 bits per heavy atom.